The number of aliphatic hydroxyl groups is 3. The second-order valence-electron chi connectivity index (χ2n) is 9.81. The second kappa shape index (κ2) is 7.75. The number of ketones is 2. The number of para-hydroxylation sites is 1. The highest BCUT2D eigenvalue weighted by Crippen LogP contribution is 2.53. The van der Waals surface area contributed by atoms with Crippen molar-refractivity contribution >= 4 is 34.1 Å². The van der Waals surface area contributed by atoms with Crippen LogP contribution in [-0.4, -0.2) is 48.5 Å². The Bertz CT molecular complexity index is 1640. The van der Waals surface area contributed by atoms with E-state index in [1.165, 1.54) is 6.07 Å². The van der Waals surface area contributed by atoms with Crippen LogP contribution in [0.5, 0.6) is 5.75 Å². The number of amides is 1. The minimum Gasteiger partial charge on any atom is -0.508 e. The third kappa shape index (κ3) is 3.07. The number of rotatable bonds is 2. The van der Waals surface area contributed by atoms with Gasteiger partial charge < -0.3 is 26.2 Å². The van der Waals surface area contributed by atoms with Gasteiger partial charge in [0.2, 0.25) is 5.78 Å². The lowest BCUT2D eigenvalue weighted by atomic mass is 9.59. The number of benzene rings is 2. The van der Waals surface area contributed by atoms with Gasteiger partial charge >= 0.3 is 0 Å². The molecule has 1 amide bonds. The number of fused-ring (bicyclic) bond motifs is 4. The Morgan fingerprint density at radius 1 is 1.05 bits per heavy atom. The predicted molar refractivity (Wildman–Crippen MR) is 132 cm³/mol. The number of aliphatic hydroxyl groups excluding tert-OH is 2. The Morgan fingerprint density at radius 2 is 1.81 bits per heavy atom. The molecule has 3 aliphatic carbocycles. The molecule has 186 valence electrons. The zero-order chi connectivity index (χ0) is 26.2. The lowest BCUT2D eigenvalue weighted by Gasteiger charge is -2.46. The van der Waals surface area contributed by atoms with E-state index in [-0.39, 0.29) is 36.1 Å². The van der Waals surface area contributed by atoms with Crippen molar-refractivity contribution in [2.24, 2.45) is 17.6 Å². The summed E-state index contributed by atoms with van der Waals surface area (Å²) >= 11 is 0. The number of hydrogen-bond acceptors (Lipinski definition) is 8. The highest BCUT2D eigenvalue weighted by Gasteiger charge is 2.60. The van der Waals surface area contributed by atoms with Crippen LogP contribution in [0.4, 0.5) is 0 Å². The van der Waals surface area contributed by atoms with E-state index in [0.29, 0.717) is 11.1 Å². The molecule has 3 atom stereocenters. The summed E-state index contributed by atoms with van der Waals surface area (Å²) in [4.78, 5) is 42.4. The van der Waals surface area contributed by atoms with Crippen LogP contribution in [0.1, 0.15) is 24.0 Å². The predicted octanol–water partition coefficient (Wildman–Crippen LogP) is 2.64. The number of nitrogens with two attached hydrogens (primary N) is 1. The molecule has 0 saturated heterocycles. The van der Waals surface area contributed by atoms with Gasteiger partial charge in [0, 0.05) is 35.1 Å². The van der Waals surface area contributed by atoms with Crippen LogP contribution in [0.15, 0.2) is 65.6 Å². The molecular weight excluding hydrogens is 476 g/mol. The van der Waals surface area contributed by atoms with Crippen LogP contribution in [0.25, 0.3) is 27.8 Å². The van der Waals surface area contributed by atoms with Gasteiger partial charge in [0.25, 0.3) is 5.91 Å². The number of hydrogen-bond donors (Lipinski definition) is 5. The van der Waals surface area contributed by atoms with Crippen molar-refractivity contribution < 1.29 is 34.8 Å². The van der Waals surface area contributed by atoms with E-state index in [0.717, 1.165) is 16.5 Å². The summed E-state index contributed by atoms with van der Waals surface area (Å²) in [7, 11) is 0. The molecule has 0 bridgehead atoms. The summed E-state index contributed by atoms with van der Waals surface area (Å²) < 4.78 is 0. The van der Waals surface area contributed by atoms with Crippen molar-refractivity contribution in [3.05, 3.63) is 76.7 Å². The Labute approximate surface area is 210 Å². The fourth-order valence-electron chi connectivity index (χ4n) is 6.11. The van der Waals surface area contributed by atoms with E-state index in [1.807, 2.05) is 30.3 Å². The quantitative estimate of drug-likeness (QED) is 0.336. The number of pyridine rings is 1. The van der Waals surface area contributed by atoms with Crippen molar-refractivity contribution in [1.29, 1.82) is 0 Å². The van der Waals surface area contributed by atoms with Crippen molar-refractivity contribution in [2.45, 2.75) is 24.9 Å². The average molecular weight is 498 g/mol. The molecule has 37 heavy (non-hydrogen) atoms. The number of nitrogens with zero attached hydrogens (tertiary/aromatic N) is 1. The number of aromatic nitrogens is 1. The number of carbonyl (C=O) groups excluding carboxylic acids is 3. The third-order valence-corrected chi connectivity index (χ3v) is 7.85. The SMILES string of the molecule is NC(=O)C1=C(O)[C@@]2(O)C(=O)C3=C(O)c4c(O)ccc(-c5cnc6ccccc6c5)c4C[C@H]3C[C@H]2CC1=O. The molecule has 6 N–H and O–H groups in total. The van der Waals surface area contributed by atoms with E-state index in [9.17, 15) is 34.8 Å². The number of phenols is 1. The van der Waals surface area contributed by atoms with Gasteiger partial charge in [-0.15, -0.1) is 0 Å². The molecule has 1 heterocycles. The van der Waals surface area contributed by atoms with Gasteiger partial charge in [-0.1, -0.05) is 24.3 Å². The van der Waals surface area contributed by atoms with Gasteiger partial charge in [-0.05, 0) is 48.1 Å². The van der Waals surface area contributed by atoms with Crippen molar-refractivity contribution in [3.8, 4) is 16.9 Å². The van der Waals surface area contributed by atoms with E-state index < -0.39 is 52.0 Å². The van der Waals surface area contributed by atoms with Crippen LogP contribution in [0.3, 0.4) is 0 Å². The maximum absolute atomic E-state index is 13.6. The maximum Gasteiger partial charge on any atom is 0.255 e. The highest BCUT2D eigenvalue weighted by molar-refractivity contribution is 6.22. The number of carbonyl (C=O) groups is 3. The molecule has 0 aliphatic heterocycles. The van der Waals surface area contributed by atoms with Gasteiger partial charge in [-0.2, -0.15) is 0 Å². The summed E-state index contributed by atoms with van der Waals surface area (Å²) in [5.41, 5.74) is 4.60. The zero-order valence-corrected chi connectivity index (χ0v) is 19.4. The summed E-state index contributed by atoms with van der Waals surface area (Å²) in [6.07, 6.45) is 1.65. The minimum atomic E-state index is -2.58. The van der Waals surface area contributed by atoms with Gasteiger partial charge in [-0.3, -0.25) is 19.4 Å². The standard InChI is InChI=1S/C28H22N2O7/c29-27(36)23-20(32)10-15-8-13-9-17-16(14-7-12-3-1-2-4-18(12)30-11-14)5-6-19(31)22(17)24(33)21(13)25(34)28(15,37)26(23)35/h1-7,11,13,15,31,33,35,37H,8-10H2,(H2,29,36)/t13-,15+,28+/m1/s1. The molecule has 3 aliphatic rings. The smallest absolute Gasteiger partial charge is 0.255 e. The first-order chi connectivity index (χ1) is 17.6. The third-order valence-electron chi connectivity index (χ3n) is 7.85. The van der Waals surface area contributed by atoms with Crippen LogP contribution >= 0.6 is 0 Å². The minimum absolute atomic E-state index is 0.0535. The Morgan fingerprint density at radius 3 is 2.57 bits per heavy atom. The van der Waals surface area contributed by atoms with E-state index in [1.54, 1.807) is 12.3 Å². The highest BCUT2D eigenvalue weighted by atomic mass is 16.3. The largest absolute Gasteiger partial charge is 0.508 e. The lowest BCUT2D eigenvalue weighted by Crippen LogP contribution is -2.58. The van der Waals surface area contributed by atoms with E-state index >= 15 is 0 Å². The van der Waals surface area contributed by atoms with Gasteiger partial charge in [0.1, 0.15) is 22.8 Å². The molecule has 9 heteroatoms. The van der Waals surface area contributed by atoms with Crippen LogP contribution in [0.2, 0.25) is 0 Å². The molecule has 3 aromatic rings. The second-order valence-corrected chi connectivity index (χ2v) is 9.81. The molecule has 0 spiro atoms. The lowest BCUT2D eigenvalue weighted by molar-refractivity contribution is -0.147. The van der Waals surface area contributed by atoms with Crippen molar-refractivity contribution in [2.75, 3.05) is 0 Å². The average Bonchev–Trinajstić information content (AvgIpc) is 2.86. The normalized spacial score (nSPS) is 25.1. The van der Waals surface area contributed by atoms with Gasteiger partial charge in [0.05, 0.1) is 11.1 Å². The first-order valence-electron chi connectivity index (χ1n) is 11.8. The number of aromatic hydroxyl groups is 1. The molecule has 6 rings (SSSR count). The van der Waals surface area contributed by atoms with Gasteiger partial charge in [-0.25, -0.2) is 0 Å². The van der Waals surface area contributed by atoms with Crippen LogP contribution in [-0.2, 0) is 20.8 Å². The molecular formula is C28H22N2O7. The molecule has 0 unspecified atom stereocenters. The summed E-state index contributed by atoms with van der Waals surface area (Å²) in [5.74, 6) is -6.48. The molecule has 1 aromatic heterocycles. The summed E-state index contributed by atoms with van der Waals surface area (Å²) in [5, 5.41) is 44.9. The summed E-state index contributed by atoms with van der Waals surface area (Å²) in [6.45, 7) is 0. The zero-order valence-electron chi connectivity index (χ0n) is 19.4. The van der Waals surface area contributed by atoms with Crippen LogP contribution in [0, 0.1) is 11.8 Å². The molecule has 1 saturated carbocycles. The Balaban J connectivity index is 1.53. The fourth-order valence-corrected chi connectivity index (χ4v) is 6.11. The maximum atomic E-state index is 13.6. The van der Waals surface area contributed by atoms with E-state index in [4.69, 9.17) is 5.73 Å². The monoisotopic (exact) mass is 498 g/mol. The Hall–Kier alpha value is -4.50. The number of phenolic OH excluding ortho intramolecular Hbond substituents is 1. The molecule has 2 aromatic carbocycles. The Kier molecular flexibility index (Phi) is 4.80. The summed E-state index contributed by atoms with van der Waals surface area (Å²) in [6, 6.07) is 12.7. The first-order valence-corrected chi connectivity index (χ1v) is 11.8. The van der Waals surface area contributed by atoms with Crippen molar-refractivity contribution in [1.82, 2.24) is 4.98 Å². The first kappa shape index (κ1) is 22.9. The molecule has 0 radical (unpaired) electrons. The number of Topliss-reactive ketones (excluding diaryl/α,β-unsaturated/α-hetero) is 2. The van der Waals surface area contributed by atoms with E-state index in [2.05, 4.69) is 4.98 Å². The topological polar surface area (TPSA) is 171 Å². The van der Waals surface area contributed by atoms with Crippen LogP contribution < -0.4 is 5.73 Å². The van der Waals surface area contributed by atoms with Gasteiger partial charge in [0.15, 0.2) is 11.4 Å². The fraction of sp³-hybridized carbons (Fsp3) is 0.214. The molecule has 1 fully saturated rings. The molecule has 9 nitrogen and oxygen atoms in total. The van der Waals surface area contributed by atoms with Crippen molar-refractivity contribution in [3.63, 3.8) is 0 Å². The number of primary amides is 1.